The third-order valence-electron chi connectivity index (χ3n) is 4.90. The number of fused-ring (bicyclic) bond motifs is 1. The number of benzene rings is 2. The van der Waals surface area contributed by atoms with E-state index >= 15 is 0 Å². The number of aryl methyl sites for hydroxylation is 2. The van der Waals surface area contributed by atoms with Gasteiger partial charge in [0.05, 0.1) is 10.6 Å². The molecule has 0 aliphatic heterocycles. The summed E-state index contributed by atoms with van der Waals surface area (Å²) in [6.07, 6.45) is -0.821. The predicted molar refractivity (Wildman–Crippen MR) is 102 cm³/mol. The molecule has 1 N–H and O–H groups in total. The van der Waals surface area contributed by atoms with Crippen LogP contribution in [0.4, 0.5) is 13.2 Å². The van der Waals surface area contributed by atoms with Gasteiger partial charge in [0.15, 0.2) is 5.69 Å². The molecule has 0 atom stereocenters. The highest BCUT2D eigenvalue weighted by atomic mass is 32.2. The largest absolute Gasteiger partial charge is 0.435 e. The van der Waals surface area contributed by atoms with Crippen molar-refractivity contribution in [1.29, 1.82) is 0 Å². The summed E-state index contributed by atoms with van der Waals surface area (Å²) < 4.78 is 65.1. The zero-order valence-electron chi connectivity index (χ0n) is 15.3. The second-order valence-corrected chi connectivity index (χ2v) is 8.58. The highest BCUT2D eigenvalue weighted by Crippen LogP contribution is 2.33. The number of halogens is 3. The number of nitrogens with zero attached hydrogens (tertiary/aromatic N) is 2. The first kappa shape index (κ1) is 19.5. The Morgan fingerprint density at radius 3 is 2.31 bits per heavy atom. The molecule has 0 unspecified atom stereocenters. The Bertz CT molecular complexity index is 1140. The summed E-state index contributed by atoms with van der Waals surface area (Å²) in [7, 11) is -4.11. The molecule has 1 aromatic heterocycles. The molecule has 0 amide bonds. The molecule has 1 aliphatic carbocycles. The highest BCUT2D eigenvalue weighted by molar-refractivity contribution is 7.92. The van der Waals surface area contributed by atoms with E-state index in [-0.39, 0.29) is 10.6 Å². The molecule has 152 valence electrons. The third kappa shape index (κ3) is 4.00. The van der Waals surface area contributed by atoms with Gasteiger partial charge < -0.3 is 0 Å². The summed E-state index contributed by atoms with van der Waals surface area (Å²) in [5.74, 6) is 0. The molecule has 2 aromatic carbocycles. The first-order valence-electron chi connectivity index (χ1n) is 9.11. The number of rotatable bonds is 4. The highest BCUT2D eigenvalue weighted by Gasteiger charge is 2.36. The molecular formula is C20H18F3N3O2S. The molecule has 0 fully saturated rings. The van der Waals surface area contributed by atoms with Crippen LogP contribution in [-0.2, 0) is 29.0 Å². The molecule has 0 radical (unpaired) electrons. The lowest BCUT2D eigenvalue weighted by Gasteiger charge is -2.17. The molecule has 1 heterocycles. The Hall–Kier alpha value is -2.81. The standard InChI is InChI=1S/C20H18F3N3O2S/c21-20(22,23)19-13-18(16-11-10-14-6-4-5-7-15(14)12-16)26(24-19)25-29(27,28)17-8-2-1-3-9-17/h1-3,8-13,25H,4-7H2. The van der Waals surface area contributed by atoms with Gasteiger partial charge in [-0.05, 0) is 61.1 Å². The van der Waals surface area contributed by atoms with Gasteiger partial charge in [0.2, 0.25) is 0 Å². The van der Waals surface area contributed by atoms with E-state index in [1.165, 1.54) is 29.8 Å². The van der Waals surface area contributed by atoms with Crippen molar-refractivity contribution in [2.75, 3.05) is 4.83 Å². The van der Waals surface area contributed by atoms with Crippen LogP contribution in [0.2, 0.25) is 0 Å². The van der Waals surface area contributed by atoms with Gasteiger partial charge in [-0.15, -0.1) is 5.10 Å². The summed E-state index contributed by atoms with van der Waals surface area (Å²) >= 11 is 0. The van der Waals surface area contributed by atoms with Crippen LogP contribution in [0.3, 0.4) is 0 Å². The Morgan fingerprint density at radius 1 is 0.931 bits per heavy atom. The number of aromatic nitrogens is 2. The van der Waals surface area contributed by atoms with Gasteiger partial charge in [-0.1, -0.05) is 30.3 Å². The number of alkyl halides is 3. The molecule has 4 rings (SSSR count). The molecule has 0 spiro atoms. The second-order valence-electron chi connectivity index (χ2n) is 6.92. The molecule has 29 heavy (non-hydrogen) atoms. The minimum atomic E-state index is -4.70. The van der Waals surface area contributed by atoms with Crippen LogP contribution in [-0.4, -0.2) is 18.3 Å². The molecular weight excluding hydrogens is 403 g/mol. The zero-order chi connectivity index (χ0) is 20.6. The SMILES string of the molecule is O=S(=O)(Nn1nc(C(F)(F)F)cc1-c1ccc2c(c1)CCCC2)c1ccccc1. The van der Waals surface area contributed by atoms with Gasteiger partial charge >= 0.3 is 6.18 Å². The smallest absolute Gasteiger partial charge is 0.200 e. The number of hydrogen-bond donors (Lipinski definition) is 1. The number of hydrogen-bond acceptors (Lipinski definition) is 3. The average Bonchev–Trinajstić information content (AvgIpc) is 3.12. The van der Waals surface area contributed by atoms with Crippen LogP contribution in [0.5, 0.6) is 0 Å². The molecule has 1 aliphatic rings. The first-order valence-corrected chi connectivity index (χ1v) is 10.6. The van der Waals surface area contributed by atoms with E-state index < -0.39 is 21.9 Å². The number of nitrogens with one attached hydrogen (secondary N) is 1. The van der Waals surface area contributed by atoms with Crippen LogP contribution >= 0.6 is 0 Å². The van der Waals surface area contributed by atoms with Crippen molar-refractivity contribution in [2.24, 2.45) is 0 Å². The van der Waals surface area contributed by atoms with Crippen molar-refractivity contribution in [3.05, 3.63) is 71.4 Å². The van der Waals surface area contributed by atoms with Gasteiger partial charge in [0.1, 0.15) is 0 Å². The van der Waals surface area contributed by atoms with Crippen molar-refractivity contribution in [3.63, 3.8) is 0 Å². The maximum Gasteiger partial charge on any atom is 0.435 e. The van der Waals surface area contributed by atoms with E-state index in [1.807, 2.05) is 12.1 Å². The first-order chi connectivity index (χ1) is 13.7. The fraction of sp³-hybridized carbons (Fsp3) is 0.250. The molecule has 0 saturated carbocycles. The van der Waals surface area contributed by atoms with Crippen molar-refractivity contribution >= 4 is 10.0 Å². The maximum absolute atomic E-state index is 13.3. The fourth-order valence-electron chi connectivity index (χ4n) is 3.45. The third-order valence-corrected chi connectivity index (χ3v) is 6.21. The topological polar surface area (TPSA) is 64.0 Å². The maximum atomic E-state index is 13.3. The minimum Gasteiger partial charge on any atom is -0.200 e. The van der Waals surface area contributed by atoms with Crippen LogP contribution < -0.4 is 4.83 Å². The van der Waals surface area contributed by atoms with Crippen molar-refractivity contribution in [2.45, 2.75) is 36.8 Å². The lowest BCUT2D eigenvalue weighted by molar-refractivity contribution is -0.141. The lowest BCUT2D eigenvalue weighted by Crippen LogP contribution is -2.25. The van der Waals surface area contributed by atoms with Gasteiger partial charge in [0.25, 0.3) is 10.0 Å². The van der Waals surface area contributed by atoms with E-state index in [2.05, 4.69) is 9.93 Å². The Balaban J connectivity index is 1.79. The molecule has 0 bridgehead atoms. The summed E-state index contributed by atoms with van der Waals surface area (Å²) in [4.78, 5) is 2.77. The summed E-state index contributed by atoms with van der Waals surface area (Å²) in [5.41, 5.74) is 1.59. The van der Waals surface area contributed by atoms with E-state index in [1.54, 1.807) is 12.1 Å². The van der Waals surface area contributed by atoms with Crippen LogP contribution in [0, 0.1) is 0 Å². The molecule has 3 aromatic rings. The molecule has 0 saturated heterocycles. The van der Waals surface area contributed by atoms with Gasteiger partial charge in [-0.25, -0.2) is 0 Å². The second kappa shape index (κ2) is 7.22. The Labute approximate surface area is 166 Å². The molecule has 9 heteroatoms. The summed E-state index contributed by atoms with van der Waals surface area (Å²) in [6.45, 7) is 0. The molecule has 5 nitrogen and oxygen atoms in total. The van der Waals surface area contributed by atoms with Crippen LogP contribution in [0.15, 0.2) is 59.5 Å². The van der Waals surface area contributed by atoms with E-state index in [4.69, 9.17) is 0 Å². The monoisotopic (exact) mass is 421 g/mol. The van der Waals surface area contributed by atoms with Gasteiger partial charge in [-0.2, -0.15) is 31.2 Å². The van der Waals surface area contributed by atoms with Gasteiger partial charge in [-0.3, -0.25) is 0 Å². The van der Waals surface area contributed by atoms with Crippen molar-refractivity contribution < 1.29 is 21.6 Å². The Morgan fingerprint density at radius 2 is 1.62 bits per heavy atom. The minimum absolute atomic E-state index is 0.0326. The van der Waals surface area contributed by atoms with Gasteiger partial charge in [0, 0.05) is 5.56 Å². The Kier molecular flexibility index (Phi) is 4.85. The zero-order valence-corrected chi connectivity index (χ0v) is 16.1. The van der Waals surface area contributed by atoms with Crippen molar-refractivity contribution in [3.8, 4) is 11.3 Å². The average molecular weight is 421 g/mol. The van der Waals surface area contributed by atoms with E-state index in [0.29, 0.717) is 10.4 Å². The van der Waals surface area contributed by atoms with Crippen LogP contribution in [0.1, 0.15) is 29.7 Å². The summed E-state index contributed by atoms with van der Waals surface area (Å²) in [5, 5.41) is 3.48. The summed E-state index contributed by atoms with van der Waals surface area (Å²) in [6, 6.07) is 13.7. The predicted octanol–water partition coefficient (Wildman–Crippen LogP) is 4.38. The van der Waals surface area contributed by atoms with Crippen LogP contribution in [0.25, 0.3) is 11.3 Å². The van der Waals surface area contributed by atoms with Crippen molar-refractivity contribution in [1.82, 2.24) is 9.89 Å². The quantitative estimate of drug-likeness (QED) is 0.680. The number of sulfonamides is 1. The lowest BCUT2D eigenvalue weighted by atomic mass is 9.90. The van der Waals surface area contributed by atoms with E-state index in [9.17, 15) is 21.6 Å². The fourth-order valence-corrected chi connectivity index (χ4v) is 4.44. The van der Waals surface area contributed by atoms with E-state index in [0.717, 1.165) is 37.3 Å². The normalized spacial score (nSPS) is 14.4.